The lowest BCUT2D eigenvalue weighted by molar-refractivity contribution is 0.585. The van der Waals surface area contributed by atoms with E-state index in [1.807, 2.05) is 4.90 Å². The van der Waals surface area contributed by atoms with Gasteiger partial charge in [-0.3, -0.25) is 4.98 Å². The molecule has 1 aromatic heterocycles. The Bertz CT molecular complexity index is 627. The van der Waals surface area contributed by atoms with Crippen LogP contribution in [0, 0.1) is 11.6 Å². The van der Waals surface area contributed by atoms with Crippen molar-refractivity contribution in [2.45, 2.75) is 0 Å². The summed E-state index contributed by atoms with van der Waals surface area (Å²) in [6, 6.07) is 2.12. The second kappa shape index (κ2) is 4.90. The highest BCUT2D eigenvalue weighted by Gasteiger charge is 2.19. The zero-order valence-electron chi connectivity index (χ0n) is 10.1. The number of pyridine rings is 1. The lowest BCUT2D eigenvalue weighted by Gasteiger charge is -2.31. The second-order valence-corrected chi connectivity index (χ2v) is 4.88. The molecule has 0 unspecified atom stereocenters. The van der Waals surface area contributed by atoms with Crippen molar-refractivity contribution in [2.75, 3.05) is 31.1 Å². The van der Waals surface area contributed by atoms with Crippen molar-refractivity contribution in [1.82, 2.24) is 10.3 Å². The Kier molecular flexibility index (Phi) is 3.24. The summed E-state index contributed by atoms with van der Waals surface area (Å²) in [4.78, 5) is 5.99. The molecule has 0 atom stereocenters. The van der Waals surface area contributed by atoms with Gasteiger partial charge in [-0.05, 0) is 6.07 Å². The van der Waals surface area contributed by atoms with E-state index in [0.717, 1.165) is 32.2 Å². The molecule has 2 aromatic rings. The first-order valence-electron chi connectivity index (χ1n) is 6.06. The van der Waals surface area contributed by atoms with E-state index in [2.05, 4.69) is 10.3 Å². The molecule has 3 nitrogen and oxygen atoms in total. The molecule has 0 spiro atoms. The number of aromatic nitrogens is 1. The predicted molar refractivity (Wildman–Crippen MR) is 71.8 cm³/mol. The van der Waals surface area contributed by atoms with Gasteiger partial charge in [0.1, 0.15) is 11.3 Å². The van der Waals surface area contributed by atoms with Crippen LogP contribution >= 0.6 is 11.6 Å². The number of rotatable bonds is 1. The number of piperazine rings is 1. The average Bonchev–Trinajstić information content (AvgIpc) is 2.39. The molecule has 100 valence electrons. The van der Waals surface area contributed by atoms with Crippen molar-refractivity contribution in [3.63, 3.8) is 0 Å². The third kappa shape index (κ3) is 2.24. The van der Waals surface area contributed by atoms with Gasteiger partial charge >= 0.3 is 0 Å². The van der Waals surface area contributed by atoms with Crippen LogP contribution in [0.1, 0.15) is 0 Å². The monoisotopic (exact) mass is 283 g/mol. The minimum Gasteiger partial charge on any atom is -0.367 e. The molecule has 0 aliphatic carbocycles. The fraction of sp³-hybridized carbons (Fsp3) is 0.308. The van der Waals surface area contributed by atoms with Crippen molar-refractivity contribution in [1.29, 1.82) is 0 Å². The molecule has 1 saturated heterocycles. The summed E-state index contributed by atoms with van der Waals surface area (Å²) in [5.41, 5.74) is 0.811. The van der Waals surface area contributed by atoms with Crippen molar-refractivity contribution in [3.8, 4) is 0 Å². The molecule has 1 fully saturated rings. The van der Waals surface area contributed by atoms with Gasteiger partial charge in [-0.25, -0.2) is 8.78 Å². The number of halogens is 3. The zero-order chi connectivity index (χ0) is 13.4. The lowest BCUT2D eigenvalue weighted by atomic mass is 10.1. The smallest absolute Gasteiger partial charge is 0.152 e. The first-order chi connectivity index (χ1) is 9.16. The van der Waals surface area contributed by atoms with Crippen LogP contribution in [0.25, 0.3) is 10.9 Å². The normalized spacial score (nSPS) is 16.1. The summed E-state index contributed by atoms with van der Waals surface area (Å²) < 4.78 is 27.2. The number of nitrogens with zero attached hydrogens (tertiary/aromatic N) is 2. The highest BCUT2D eigenvalue weighted by Crippen LogP contribution is 2.34. The second-order valence-electron chi connectivity index (χ2n) is 4.48. The molecule has 0 bridgehead atoms. The molecule has 0 radical (unpaired) electrons. The Morgan fingerprint density at radius 1 is 1.21 bits per heavy atom. The zero-order valence-corrected chi connectivity index (χ0v) is 10.8. The molecule has 0 saturated carbocycles. The van der Waals surface area contributed by atoms with E-state index < -0.39 is 11.6 Å². The van der Waals surface area contributed by atoms with Gasteiger partial charge in [0, 0.05) is 43.8 Å². The first-order valence-corrected chi connectivity index (χ1v) is 6.43. The number of fused-ring (bicyclic) bond motifs is 1. The molecule has 2 heterocycles. The predicted octanol–water partition coefficient (Wildman–Crippen LogP) is 2.58. The minimum absolute atomic E-state index is 0.152. The van der Waals surface area contributed by atoms with Gasteiger partial charge in [0.15, 0.2) is 5.82 Å². The largest absolute Gasteiger partial charge is 0.367 e. The van der Waals surface area contributed by atoms with Crippen LogP contribution in [-0.4, -0.2) is 31.2 Å². The molecular formula is C13H12ClF2N3. The van der Waals surface area contributed by atoms with Gasteiger partial charge in [-0.2, -0.15) is 0 Å². The number of nitrogens with one attached hydrogen (secondary N) is 1. The summed E-state index contributed by atoms with van der Waals surface area (Å²) in [6.07, 6.45) is 1.42. The highest BCUT2D eigenvalue weighted by atomic mass is 35.5. The molecule has 1 aliphatic rings. The molecular weight excluding hydrogens is 272 g/mol. The Labute approximate surface area is 114 Å². The third-order valence-electron chi connectivity index (χ3n) is 3.25. The lowest BCUT2D eigenvalue weighted by Crippen LogP contribution is -2.43. The van der Waals surface area contributed by atoms with Crippen molar-refractivity contribution in [2.24, 2.45) is 0 Å². The minimum atomic E-state index is -0.664. The van der Waals surface area contributed by atoms with Crippen LogP contribution in [0.4, 0.5) is 14.5 Å². The van der Waals surface area contributed by atoms with E-state index in [9.17, 15) is 8.78 Å². The number of hydrogen-bond donors (Lipinski definition) is 1. The van der Waals surface area contributed by atoms with Gasteiger partial charge in [-0.1, -0.05) is 11.6 Å². The highest BCUT2D eigenvalue weighted by molar-refractivity contribution is 6.34. The van der Waals surface area contributed by atoms with Crippen LogP contribution in [0.2, 0.25) is 5.02 Å². The number of hydrogen-bond acceptors (Lipinski definition) is 3. The van der Waals surface area contributed by atoms with Gasteiger partial charge in [0.25, 0.3) is 0 Å². The molecule has 1 aromatic carbocycles. The van der Waals surface area contributed by atoms with E-state index in [4.69, 9.17) is 11.6 Å². The maximum Gasteiger partial charge on any atom is 0.152 e. The fourth-order valence-electron chi connectivity index (χ4n) is 2.40. The summed E-state index contributed by atoms with van der Waals surface area (Å²) >= 11 is 6.17. The quantitative estimate of drug-likeness (QED) is 0.872. The van der Waals surface area contributed by atoms with E-state index in [-0.39, 0.29) is 5.52 Å². The van der Waals surface area contributed by atoms with Crippen LogP contribution in [-0.2, 0) is 0 Å². The standard InChI is InChI=1S/C13H12ClF2N3/c14-10-7-18-12-9(5-8(15)6-11(12)16)13(10)19-3-1-17-2-4-19/h5-7,17H,1-4H2. The van der Waals surface area contributed by atoms with Crippen LogP contribution in [0.3, 0.4) is 0 Å². The van der Waals surface area contributed by atoms with Gasteiger partial charge in [0.05, 0.1) is 10.7 Å². The Morgan fingerprint density at radius 2 is 1.95 bits per heavy atom. The van der Waals surface area contributed by atoms with Gasteiger partial charge < -0.3 is 10.2 Å². The van der Waals surface area contributed by atoms with Gasteiger partial charge in [-0.15, -0.1) is 0 Å². The van der Waals surface area contributed by atoms with Gasteiger partial charge in [0.2, 0.25) is 0 Å². The summed E-state index contributed by atoms with van der Waals surface area (Å²) in [7, 11) is 0. The molecule has 19 heavy (non-hydrogen) atoms. The molecule has 6 heteroatoms. The third-order valence-corrected chi connectivity index (χ3v) is 3.53. The van der Waals surface area contributed by atoms with Crippen molar-refractivity contribution >= 4 is 28.2 Å². The van der Waals surface area contributed by atoms with Crippen molar-refractivity contribution in [3.05, 3.63) is 35.0 Å². The molecule has 1 aliphatic heterocycles. The maximum absolute atomic E-state index is 13.7. The molecule has 3 rings (SSSR count). The summed E-state index contributed by atoms with van der Waals surface area (Å²) in [6.45, 7) is 3.13. The SMILES string of the molecule is Fc1cc(F)c2ncc(Cl)c(N3CCNCC3)c2c1. The summed E-state index contributed by atoms with van der Waals surface area (Å²) in [5, 5.41) is 4.07. The van der Waals surface area contributed by atoms with Crippen molar-refractivity contribution < 1.29 is 8.78 Å². The van der Waals surface area contributed by atoms with E-state index in [0.29, 0.717) is 16.1 Å². The van der Waals surface area contributed by atoms with E-state index in [1.54, 1.807) is 0 Å². The molecule has 0 amide bonds. The van der Waals surface area contributed by atoms with Crippen LogP contribution in [0.5, 0.6) is 0 Å². The van der Waals surface area contributed by atoms with E-state index in [1.165, 1.54) is 12.3 Å². The maximum atomic E-state index is 13.7. The number of anilines is 1. The summed E-state index contributed by atoms with van der Waals surface area (Å²) in [5.74, 6) is -1.28. The Hall–Kier alpha value is -1.46. The number of benzene rings is 1. The Balaban J connectivity index is 2.23. The van der Waals surface area contributed by atoms with E-state index >= 15 is 0 Å². The average molecular weight is 284 g/mol. The fourth-order valence-corrected chi connectivity index (χ4v) is 2.67. The van der Waals surface area contributed by atoms with Crippen LogP contribution < -0.4 is 10.2 Å². The first kappa shape index (κ1) is 12.6. The van der Waals surface area contributed by atoms with Crippen LogP contribution in [0.15, 0.2) is 18.3 Å². The Morgan fingerprint density at radius 3 is 2.68 bits per heavy atom. The molecule has 1 N–H and O–H groups in total. The topological polar surface area (TPSA) is 28.2 Å².